The van der Waals surface area contributed by atoms with Gasteiger partial charge in [0.2, 0.25) is 0 Å². The zero-order valence-electron chi connectivity index (χ0n) is 18.7. The third kappa shape index (κ3) is 3.89. The second-order valence-electron chi connectivity index (χ2n) is 8.65. The van der Waals surface area contributed by atoms with E-state index in [9.17, 15) is 4.79 Å². The molecule has 4 heteroatoms. The summed E-state index contributed by atoms with van der Waals surface area (Å²) in [5, 5.41) is 7.61. The number of carbonyl (C=O) groups is 1. The van der Waals surface area contributed by atoms with Crippen LogP contribution >= 0.6 is 0 Å². The molecule has 3 aromatic rings. The zero-order valence-corrected chi connectivity index (χ0v) is 18.7. The summed E-state index contributed by atoms with van der Waals surface area (Å²) in [6.45, 7) is 10.8. The number of amides is 1. The molecule has 2 N–H and O–H groups in total. The lowest BCUT2D eigenvalue weighted by Crippen LogP contribution is -2.19. The molecule has 0 aliphatic heterocycles. The second kappa shape index (κ2) is 7.94. The largest absolute Gasteiger partial charge is 0.388 e. The Balaban J connectivity index is 2.07. The highest BCUT2D eigenvalue weighted by Crippen LogP contribution is 2.34. The van der Waals surface area contributed by atoms with Gasteiger partial charge < -0.3 is 15.2 Å². The molecular formula is C25H33N3O. The fourth-order valence-corrected chi connectivity index (χ4v) is 4.01. The molecule has 29 heavy (non-hydrogen) atoms. The SMILES string of the molecule is CCc1c(NC)cc(C(C)(C)C)cc1NC(=O)c1cc2cccc(CC)c2n1C. The Morgan fingerprint density at radius 2 is 1.72 bits per heavy atom. The van der Waals surface area contributed by atoms with Crippen LogP contribution in [0.4, 0.5) is 11.4 Å². The monoisotopic (exact) mass is 391 g/mol. The Labute approximate surface area is 174 Å². The fraction of sp³-hybridized carbons (Fsp3) is 0.400. The summed E-state index contributed by atoms with van der Waals surface area (Å²) in [6.07, 6.45) is 1.78. The molecule has 1 amide bonds. The average Bonchev–Trinajstić information content (AvgIpc) is 3.03. The van der Waals surface area contributed by atoms with Crippen LogP contribution < -0.4 is 10.6 Å². The van der Waals surface area contributed by atoms with Crippen LogP contribution in [-0.4, -0.2) is 17.5 Å². The lowest BCUT2D eigenvalue weighted by Gasteiger charge is -2.24. The molecule has 0 saturated carbocycles. The molecule has 3 rings (SSSR count). The van der Waals surface area contributed by atoms with Gasteiger partial charge in [-0.2, -0.15) is 0 Å². The minimum atomic E-state index is -0.0754. The lowest BCUT2D eigenvalue weighted by molar-refractivity contribution is 0.101. The first-order chi connectivity index (χ1) is 13.7. The Morgan fingerprint density at radius 1 is 1.03 bits per heavy atom. The van der Waals surface area contributed by atoms with E-state index < -0.39 is 0 Å². The van der Waals surface area contributed by atoms with Crippen LogP contribution in [0.3, 0.4) is 0 Å². The maximum absolute atomic E-state index is 13.3. The second-order valence-corrected chi connectivity index (χ2v) is 8.65. The van der Waals surface area contributed by atoms with Gasteiger partial charge in [0.1, 0.15) is 5.69 Å². The Hall–Kier alpha value is -2.75. The number of fused-ring (bicyclic) bond motifs is 1. The summed E-state index contributed by atoms with van der Waals surface area (Å²) >= 11 is 0. The Bertz CT molecular complexity index is 1050. The molecule has 0 atom stereocenters. The molecule has 0 spiro atoms. The number of benzene rings is 2. The van der Waals surface area contributed by atoms with E-state index in [1.807, 2.05) is 24.7 Å². The van der Waals surface area contributed by atoms with Gasteiger partial charge >= 0.3 is 0 Å². The van der Waals surface area contributed by atoms with E-state index in [1.54, 1.807) is 0 Å². The standard InChI is InChI=1S/C25H33N3O/c1-8-16-11-10-12-17-13-22(28(7)23(16)17)24(29)27-21-15-18(25(3,4)5)14-20(26-6)19(21)9-2/h10-15,26H,8-9H2,1-7H3,(H,27,29). The fourth-order valence-electron chi connectivity index (χ4n) is 4.01. The first-order valence-corrected chi connectivity index (χ1v) is 10.4. The Morgan fingerprint density at radius 3 is 2.31 bits per heavy atom. The Kier molecular flexibility index (Phi) is 5.74. The van der Waals surface area contributed by atoms with Crippen LogP contribution in [0.5, 0.6) is 0 Å². The van der Waals surface area contributed by atoms with Crippen molar-refractivity contribution in [3.05, 3.63) is 58.8 Å². The summed E-state index contributed by atoms with van der Waals surface area (Å²) in [5.41, 5.74) is 7.33. The molecule has 0 bridgehead atoms. The molecule has 0 unspecified atom stereocenters. The summed E-state index contributed by atoms with van der Waals surface area (Å²) in [4.78, 5) is 13.3. The third-order valence-corrected chi connectivity index (χ3v) is 5.74. The topological polar surface area (TPSA) is 46.1 Å². The molecule has 2 aromatic carbocycles. The highest BCUT2D eigenvalue weighted by Gasteiger charge is 2.21. The third-order valence-electron chi connectivity index (χ3n) is 5.74. The molecule has 4 nitrogen and oxygen atoms in total. The van der Waals surface area contributed by atoms with Crippen molar-refractivity contribution >= 4 is 28.2 Å². The van der Waals surface area contributed by atoms with Crippen molar-refractivity contribution in [3.8, 4) is 0 Å². The zero-order chi connectivity index (χ0) is 21.3. The van der Waals surface area contributed by atoms with Crippen LogP contribution in [0.15, 0.2) is 36.4 Å². The highest BCUT2D eigenvalue weighted by molar-refractivity contribution is 6.07. The van der Waals surface area contributed by atoms with Crippen LogP contribution in [0.1, 0.15) is 61.8 Å². The smallest absolute Gasteiger partial charge is 0.272 e. The van der Waals surface area contributed by atoms with Gasteiger partial charge in [-0.15, -0.1) is 0 Å². The molecule has 1 heterocycles. The van der Waals surface area contributed by atoms with E-state index in [1.165, 1.54) is 11.1 Å². The molecule has 0 saturated heterocycles. The average molecular weight is 392 g/mol. The van der Waals surface area contributed by atoms with Gasteiger partial charge in [-0.1, -0.05) is 52.8 Å². The summed E-state index contributed by atoms with van der Waals surface area (Å²) in [5.74, 6) is -0.0754. The van der Waals surface area contributed by atoms with Crippen molar-refractivity contribution in [1.29, 1.82) is 0 Å². The number of rotatable bonds is 5. The number of nitrogens with zero attached hydrogens (tertiary/aromatic N) is 1. The van der Waals surface area contributed by atoms with Crippen molar-refractivity contribution < 1.29 is 4.79 Å². The van der Waals surface area contributed by atoms with Crippen LogP contribution in [0.25, 0.3) is 10.9 Å². The van der Waals surface area contributed by atoms with Gasteiger partial charge in [0, 0.05) is 30.9 Å². The first-order valence-electron chi connectivity index (χ1n) is 10.4. The normalized spacial score (nSPS) is 11.7. The van der Waals surface area contributed by atoms with E-state index in [4.69, 9.17) is 0 Å². The van der Waals surface area contributed by atoms with E-state index in [2.05, 4.69) is 75.6 Å². The maximum atomic E-state index is 13.3. The van der Waals surface area contributed by atoms with Crippen LogP contribution in [0.2, 0.25) is 0 Å². The van der Waals surface area contributed by atoms with Gasteiger partial charge in [-0.05, 0) is 53.1 Å². The van der Waals surface area contributed by atoms with Crippen molar-refractivity contribution in [2.24, 2.45) is 7.05 Å². The van der Waals surface area contributed by atoms with Gasteiger partial charge in [0.25, 0.3) is 5.91 Å². The summed E-state index contributed by atoms with van der Waals surface area (Å²) in [6, 6.07) is 12.6. The molecule has 0 fully saturated rings. The highest BCUT2D eigenvalue weighted by atomic mass is 16.1. The molecular weight excluding hydrogens is 358 g/mol. The number of nitrogens with one attached hydrogen (secondary N) is 2. The lowest BCUT2D eigenvalue weighted by atomic mass is 9.85. The van der Waals surface area contributed by atoms with Gasteiger partial charge in [-0.25, -0.2) is 0 Å². The van der Waals surface area contributed by atoms with Gasteiger partial charge in [-0.3, -0.25) is 4.79 Å². The number of anilines is 2. The van der Waals surface area contributed by atoms with E-state index >= 15 is 0 Å². The van der Waals surface area contributed by atoms with Crippen molar-refractivity contribution in [1.82, 2.24) is 4.57 Å². The van der Waals surface area contributed by atoms with Crippen LogP contribution in [-0.2, 0) is 25.3 Å². The van der Waals surface area contributed by atoms with Crippen molar-refractivity contribution in [2.75, 3.05) is 17.7 Å². The minimum absolute atomic E-state index is 0.00691. The van der Waals surface area contributed by atoms with Gasteiger partial charge in [0.05, 0.1) is 5.52 Å². The van der Waals surface area contributed by atoms with Gasteiger partial charge in [0.15, 0.2) is 0 Å². The molecule has 154 valence electrons. The van der Waals surface area contributed by atoms with E-state index in [-0.39, 0.29) is 11.3 Å². The van der Waals surface area contributed by atoms with E-state index in [0.29, 0.717) is 5.69 Å². The number of hydrogen-bond donors (Lipinski definition) is 2. The molecule has 0 aliphatic rings. The summed E-state index contributed by atoms with van der Waals surface area (Å²) in [7, 11) is 3.91. The predicted octanol–water partition coefficient (Wildman–Crippen LogP) is 5.89. The number of aryl methyl sites for hydroxylation is 2. The molecule has 0 radical (unpaired) electrons. The number of para-hydroxylation sites is 1. The first kappa shape index (κ1) is 21.0. The van der Waals surface area contributed by atoms with Crippen molar-refractivity contribution in [3.63, 3.8) is 0 Å². The van der Waals surface area contributed by atoms with Crippen LogP contribution in [0, 0.1) is 0 Å². The number of hydrogen-bond acceptors (Lipinski definition) is 2. The van der Waals surface area contributed by atoms with Crippen molar-refractivity contribution in [2.45, 2.75) is 52.9 Å². The summed E-state index contributed by atoms with van der Waals surface area (Å²) < 4.78 is 2.02. The maximum Gasteiger partial charge on any atom is 0.272 e. The number of carbonyl (C=O) groups excluding carboxylic acids is 1. The number of aromatic nitrogens is 1. The molecule has 1 aromatic heterocycles. The molecule has 0 aliphatic carbocycles. The quantitative estimate of drug-likeness (QED) is 0.569. The predicted molar refractivity (Wildman–Crippen MR) is 124 cm³/mol. The van der Waals surface area contributed by atoms with E-state index in [0.717, 1.165) is 40.7 Å². The minimum Gasteiger partial charge on any atom is -0.388 e.